The van der Waals surface area contributed by atoms with Crippen molar-refractivity contribution in [1.29, 1.82) is 0 Å². The van der Waals surface area contributed by atoms with Gasteiger partial charge in [-0.25, -0.2) is 4.39 Å². The molecule has 1 aliphatic heterocycles. The van der Waals surface area contributed by atoms with Crippen molar-refractivity contribution < 1.29 is 43.0 Å². The highest BCUT2D eigenvalue weighted by Gasteiger charge is 2.57. The zero-order chi connectivity index (χ0) is 40.9. The smallest absolute Gasteiger partial charge is 0.228 e. The van der Waals surface area contributed by atoms with Gasteiger partial charge in [-0.15, -0.1) is 0 Å². The largest absolute Gasteiger partial charge is 0.488 e. The van der Waals surface area contributed by atoms with E-state index in [0.717, 1.165) is 33.4 Å². The van der Waals surface area contributed by atoms with E-state index in [1.165, 1.54) is 0 Å². The Kier molecular flexibility index (Phi) is 14.8. The van der Waals surface area contributed by atoms with E-state index in [-0.39, 0.29) is 33.0 Å². The predicted octanol–water partition coefficient (Wildman–Crippen LogP) is 9.37. The average Bonchev–Trinajstić information content (AvgIpc) is 3.28. The molecular weight excluding hydrogens is 771 g/mol. The summed E-state index contributed by atoms with van der Waals surface area (Å²) in [5.74, 6) is 0.868. The number of ether oxygens (including phenoxy) is 6. The molecule has 0 bridgehead atoms. The molecule has 0 radical (unpaired) electrons. The Morgan fingerprint density at radius 2 is 1.17 bits per heavy atom. The van der Waals surface area contributed by atoms with Crippen molar-refractivity contribution in [2.75, 3.05) is 20.1 Å². The minimum atomic E-state index is -1.97. The van der Waals surface area contributed by atoms with Gasteiger partial charge in [0.25, 0.3) is 0 Å². The Balaban J connectivity index is 1.32. The molecule has 2 N–H and O–H groups in total. The van der Waals surface area contributed by atoms with Crippen LogP contribution in [0.25, 0.3) is 0 Å². The molecule has 8 nitrogen and oxygen atoms in total. The molecular formula is C49H48ClFO8. The van der Waals surface area contributed by atoms with E-state index in [4.69, 9.17) is 40.0 Å². The first-order valence-electron chi connectivity index (χ1n) is 19.6. The molecule has 10 heteroatoms. The molecule has 5 atom stereocenters. The Bertz CT molecular complexity index is 2160. The van der Waals surface area contributed by atoms with Gasteiger partial charge in [-0.2, -0.15) is 0 Å². The van der Waals surface area contributed by atoms with Gasteiger partial charge in [0.2, 0.25) is 6.86 Å². The molecule has 59 heavy (non-hydrogen) atoms. The summed E-state index contributed by atoms with van der Waals surface area (Å²) in [5.41, 5.74) is 3.97. The molecule has 1 fully saturated rings. The highest BCUT2D eigenvalue weighted by Crippen LogP contribution is 2.46. The van der Waals surface area contributed by atoms with Gasteiger partial charge in [-0.3, -0.25) is 0 Å². The molecule has 0 spiro atoms. The van der Waals surface area contributed by atoms with Gasteiger partial charge in [0.15, 0.2) is 0 Å². The summed E-state index contributed by atoms with van der Waals surface area (Å²) in [5, 5.41) is 24.2. The summed E-state index contributed by atoms with van der Waals surface area (Å²) >= 11 is 7.06. The van der Waals surface area contributed by atoms with E-state index in [2.05, 4.69) is 0 Å². The van der Waals surface area contributed by atoms with Crippen molar-refractivity contribution in [2.45, 2.75) is 62.9 Å². The fraction of sp³-hybridized carbons (Fsp3) is 0.265. The van der Waals surface area contributed by atoms with Gasteiger partial charge in [-0.05, 0) is 64.1 Å². The fourth-order valence-electron chi connectivity index (χ4n) is 7.25. The van der Waals surface area contributed by atoms with Gasteiger partial charge < -0.3 is 38.6 Å². The molecule has 1 aliphatic rings. The second-order valence-electron chi connectivity index (χ2n) is 14.5. The minimum absolute atomic E-state index is 0.0764. The van der Waals surface area contributed by atoms with Crippen LogP contribution in [0.1, 0.15) is 45.0 Å². The number of benzene rings is 6. The van der Waals surface area contributed by atoms with E-state index >= 15 is 0 Å². The summed E-state index contributed by atoms with van der Waals surface area (Å²) < 4.78 is 51.2. The summed E-state index contributed by atoms with van der Waals surface area (Å²) in [6, 6.07) is 49.7. The van der Waals surface area contributed by atoms with Gasteiger partial charge in [0, 0.05) is 10.6 Å². The molecule has 1 heterocycles. The Morgan fingerprint density at radius 3 is 1.73 bits per heavy atom. The molecule has 0 aromatic heterocycles. The number of aliphatic hydroxyl groups is 2. The molecule has 6 aromatic rings. The summed E-state index contributed by atoms with van der Waals surface area (Å²) in [4.78, 5) is 0. The third-order valence-electron chi connectivity index (χ3n) is 10.4. The van der Waals surface area contributed by atoms with Crippen LogP contribution in [-0.2, 0) is 51.8 Å². The van der Waals surface area contributed by atoms with Gasteiger partial charge in [-0.1, -0.05) is 145 Å². The van der Waals surface area contributed by atoms with Gasteiger partial charge in [0.1, 0.15) is 48.1 Å². The zero-order valence-corrected chi connectivity index (χ0v) is 33.3. The molecule has 1 unspecified atom stereocenters. The fourth-order valence-corrected chi connectivity index (χ4v) is 7.47. The highest BCUT2D eigenvalue weighted by molar-refractivity contribution is 6.31. The van der Waals surface area contributed by atoms with E-state index < -0.39 is 43.5 Å². The van der Waals surface area contributed by atoms with Crippen LogP contribution >= 0.6 is 11.6 Å². The Labute approximate surface area is 349 Å². The molecule has 7 rings (SSSR count). The average molecular weight is 819 g/mol. The van der Waals surface area contributed by atoms with Gasteiger partial charge in [0.05, 0.1) is 33.0 Å². The molecule has 6 aromatic carbocycles. The van der Waals surface area contributed by atoms with Crippen LogP contribution in [0.2, 0.25) is 5.02 Å². The van der Waals surface area contributed by atoms with Crippen molar-refractivity contribution >= 4 is 11.6 Å². The lowest BCUT2D eigenvalue weighted by Crippen LogP contribution is -2.67. The van der Waals surface area contributed by atoms with E-state index in [0.29, 0.717) is 28.5 Å². The SMILES string of the molecule is OCC1(O)[C@H](OCc2ccccc2)[C@@H](OCc2ccccc2)[C@H](c2cc(Cc3ccc(OCF)cc3)c(Cl)cc2OCc2ccccc2)O[C@@H]1COCc1ccccc1. The monoisotopic (exact) mass is 818 g/mol. The first-order chi connectivity index (χ1) is 28.9. The lowest BCUT2D eigenvalue weighted by molar-refractivity contribution is -0.310. The third kappa shape index (κ3) is 10.9. The van der Waals surface area contributed by atoms with Gasteiger partial charge >= 0.3 is 0 Å². The van der Waals surface area contributed by atoms with Crippen LogP contribution < -0.4 is 9.47 Å². The normalized spacial score (nSPS) is 20.3. The zero-order valence-electron chi connectivity index (χ0n) is 32.6. The van der Waals surface area contributed by atoms with Crippen molar-refractivity contribution in [3.8, 4) is 11.5 Å². The first kappa shape index (κ1) is 42.0. The van der Waals surface area contributed by atoms with E-state index in [9.17, 15) is 14.6 Å². The van der Waals surface area contributed by atoms with Crippen LogP contribution in [0.3, 0.4) is 0 Å². The number of aliphatic hydroxyl groups excluding tert-OH is 1. The number of alkyl halides is 1. The maximum absolute atomic E-state index is 12.9. The molecule has 0 amide bonds. The highest BCUT2D eigenvalue weighted by atomic mass is 35.5. The van der Waals surface area contributed by atoms with Crippen molar-refractivity contribution in [1.82, 2.24) is 0 Å². The van der Waals surface area contributed by atoms with Crippen molar-refractivity contribution in [3.05, 3.63) is 202 Å². The first-order valence-corrected chi connectivity index (χ1v) is 20.0. The topological polar surface area (TPSA) is 95.8 Å². The second kappa shape index (κ2) is 20.7. The molecule has 0 saturated carbocycles. The van der Waals surface area contributed by atoms with Crippen LogP contribution in [0, 0.1) is 0 Å². The van der Waals surface area contributed by atoms with Crippen LogP contribution in [0.15, 0.2) is 158 Å². The summed E-state index contributed by atoms with van der Waals surface area (Å²) in [7, 11) is 0. The molecule has 0 aliphatic carbocycles. The van der Waals surface area contributed by atoms with Crippen LogP contribution in [0.5, 0.6) is 11.5 Å². The number of rotatable bonds is 19. The van der Waals surface area contributed by atoms with E-state index in [1.54, 1.807) is 18.2 Å². The van der Waals surface area contributed by atoms with Crippen LogP contribution in [0.4, 0.5) is 4.39 Å². The minimum Gasteiger partial charge on any atom is -0.488 e. The maximum Gasteiger partial charge on any atom is 0.228 e. The number of halogens is 2. The summed E-state index contributed by atoms with van der Waals surface area (Å²) in [6.07, 6.45) is -3.68. The lowest BCUT2D eigenvalue weighted by atomic mass is 9.80. The van der Waals surface area contributed by atoms with Crippen LogP contribution in [-0.4, -0.2) is 54.2 Å². The molecule has 306 valence electrons. The molecule has 1 saturated heterocycles. The predicted molar refractivity (Wildman–Crippen MR) is 224 cm³/mol. The maximum atomic E-state index is 12.9. The Morgan fingerprint density at radius 1 is 0.627 bits per heavy atom. The van der Waals surface area contributed by atoms with E-state index in [1.807, 2.05) is 140 Å². The van der Waals surface area contributed by atoms with Crippen molar-refractivity contribution in [3.63, 3.8) is 0 Å². The lowest BCUT2D eigenvalue weighted by Gasteiger charge is -2.51. The van der Waals surface area contributed by atoms with Crippen molar-refractivity contribution in [2.24, 2.45) is 0 Å². The standard InChI is InChI=1S/C49H48ClFO8/c50-43-27-44(55-29-37-15-7-2-8-16-37)42(26-40(43)25-35-21-23-41(24-22-35)58-34-51)46-47(56-30-38-17-9-3-10-18-38)48(57-31-39-19-11-4-12-20-39)49(53,33-52)45(59-46)32-54-28-36-13-5-1-6-14-36/h1-24,26-27,45-48,52-53H,25,28-34H2/t45-,46+,47+,48-,49?/m1/s1. The number of hydrogen-bond donors (Lipinski definition) is 2. The second-order valence-corrected chi connectivity index (χ2v) is 14.9. The third-order valence-corrected chi connectivity index (χ3v) is 10.8. The summed E-state index contributed by atoms with van der Waals surface area (Å²) in [6.45, 7) is -0.937. The number of hydrogen-bond acceptors (Lipinski definition) is 8. The Hall–Kier alpha value is -5.10. The quantitative estimate of drug-likeness (QED) is 0.0836.